The minimum absolute atomic E-state index is 0.134. The number of hydrogen-bond donors (Lipinski definition) is 3. The van der Waals surface area contributed by atoms with E-state index in [2.05, 4.69) is 34.9 Å². The van der Waals surface area contributed by atoms with Crippen LogP contribution in [0.5, 0.6) is 5.75 Å². The first-order valence-corrected chi connectivity index (χ1v) is 20.8. The Balaban J connectivity index is 1.04. The summed E-state index contributed by atoms with van der Waals surface area (Å²) in [6.45, 7) is 2.35. The van der Waals surface area contributed by atoms with E-state index in [9.17, 15) is 18.3 Å². The van der Waals surface area contributed by atoms with Crippen LogP contribution >= 0.6 is 0 Å². The third-order valence-corrected chi connectivity index (χ3v) is 10.4. The third kappa shape index (κ3) is 14.2. The fourth-order valence-electron chi connectivity index (χ4n) is 6.15. The summed E-state index contributed by atoms with van der Waals surface area (Å²) in [6.07, 6.45) is 5.71. The highest BCUT2D eigenvalue weighted by Crippen LogP contribution is 2.35. The molecule has 0 aliphatic carbocycles. The first-order valence-electron chi connectivity index (χ1n) is 19.0. The number of unbranched alkanes of at least 4 members (excludes halogenated alkanes) is 2. The van der Waals surface area contributed by atoms with Crippen molar-refractivity contribution < 1.29 is 27.8 Å². The summed E-state index contributed by atoms with van der Waals surface area (Å²) in [5, 5.41) is 17.3. The highest BCUT2D eigenvalue weighted by atomic mass is 32.2. The number of sulfonamides is 1. The van der Waals surface area contributed by atoms with Crippen molar-refractivity contribution in [2.75, 3.05) is 30.2 Å². The number of anilines is 1. The zero-order valence-electron chi connectivity index (χ0n) is 31.6. The molecule has 10 heteroatoms. The summed E-state index contributed by atoms with van der Waals surface area (Å²) in [5.41, 5.74) is 6.33. The van der Waals surface area contributed by atoms with E-state index in [1.165, 1.54) is 21.7 Å². The van der Waals surface area contributed by atoms with E-state index in [0.717, 1.165) is 61.8 Å². The van der Waals surface area contributed by atoms with Crippen LogP contribution in [0, 0.1) is 0 Å². The maximum absolute atomic E-state index is 13.1. The first kappa shape index (κ1) is 41.0. The fraction of sp³-hybridized carbons (Fsp3) is 0.311. The molecule has 5 aromatic carbocycles. The van der Waals surface area contributed by atoms with E-state index in [0.29, 0.717) is 30.1 Å². The SMILES string of the molecule is CS(=O)(=O)N(Cc1ccccc1)c1cc([C@@H](O)CNCCCCc2ccc(CCCCNC(=O)OCc3ccccc3)cc2)ccc1OCc1ccccc1. The molecule has 0 saturated heterocycles. The number of aliphatic hydroxyl groups excluding tert-OH is 1. The van der Waals surface area contributed by atoms with Crippen molar-refractivity contribution in [3.05, 3.63) is 167 Å². The van der Waals surface area contributed by atoms with Gasteiger partial charge in [-0.1, -0.05) is 121 Å². The maximum atomic E-state index is 13.1. The molecule has 5 rings (SSSR count). The van der Waals surface area contributed by atoms with Gasteiger partial charge in [0.2, 0.25) is 10.0 Å². The standard InChI is InChI=1S/C45H53N3O6S/c1-55(51,52)48(33-38-17-5-2-6-18-38)42-31-41(27-28-44(42)53-34-39-19-7-3-8-20-39)43(49)32-46-29-13-11-15-36-23-25-37(26-24-36)16-12-14-30-47-45(50)54-35-40-21-9-4-10-22-40/h2-10,17-28,31,43,46,49H,11-16,29-30,32-35H2,1H3,(H,47,50)/t43-/m0/s1. The van der Waals surface area contributed by atoms with Gasteiger partial charge in [0, 0.05) is 13.1 Å². The van der Waals surface area contributed by atoms with Gasteiger partial charge in [0.25, 0.3) is 0 Å². The number of amides is 1. The van der Waals surface area contributed by atoms with Crippen molar-refractivity contribution in [1.82, 2.24) is 10.6 Å². The van der Waals surface area contributed by atoms with Crippen molar-refractivity contribution in [3.63, 3.8) is 0 Å². The van der Waals surface area contributed by atoms with Crippen LogP contribution in [0.15, 0.2) is 133 Å². The van der Waals surface area contributed by atoms with E-state index >= 15 is 0 Å². The van der Waals surface area contributed by atoms with Gasteiger partial charge in [0.05, 0.1) is 24.6 Å². The predicted molar refractivity (Wildman–Crippen MR) is 219 cm³/mol. The second kappa shape index (κ2) is 21.7. The number of rotatable bonds is 22. The molecule has 0 unspecified atom stereocenters. The molecular weight excluding hydrogens is 711 g/mol. The Kier molecular flexibility index (Phi) is 16.2. The van der Waals surface area contributed by atoms with Gasteiger partial charge in [-0.15, -0.1) is 0 Å². The van der Waals surface area contributed by atoms with E-state index in [1.54, 1.807) is 18.2 Å². The van der Waals surface area contributed by atoms with Crippen LogP contribution in [0.4, 0.5) is 10.5 Å². The van der Waals surface area contributed by atoms with Gasteiger partial charge in [-0.05, 0) is 90.6 Å². The number of carbonyl (C=O) groups is 1. The summed E-state index contributed by atoms with van der Waals surface area (Å²) in [5.74, 6) is 0.424. The molecule has 1 amide bonds. The fourth-order valence-corrected chi connectivity index (χ4v) is 7.03. The number of nitrogens with zero attached hydrogens (tertiary/aromatic N) is 1. The molecule has 0 aliphatic heterocycles. The molecule has 0 heterocycles. The second-order valence-corrected chi connectivity index (χ2v) is 15.6. The average molecular weight is 764 g/mol. The van der Waals surface area contributed by atoms with Crippen LogP contribution in [0.25, 0.3) is 0 Å². The molecule has 0 spiro atoms. The Bertz CT molecular complexity index is 1980. The van der Waals surface area contributed by atoms with Gasteiger partial charge in [-0.2, -0.15) is 0 Å². The van der Waals surface area contributed by atoms with Gasteiger partial charge < -0.3 is 25.2 Å². The molecule has 0 bridgehead atoms. The van der Waals surface area contributed by atoms with Gasteiger partial charge in [0.15, 0.2) is 0 Å². The highest BCUT2D eigenvalue weighted by molar-refractivity contribution is 7.92. The second-order valence-electron chi connectivity index (χ2n) is 13.7. The van der Waals surface area contributed by atoms with Crippen molar-refractivity contribution in [2.24, 2.45) is 0 Å². The summed E-state index contributed by atoms with van der Waals surface area (Å²) in [6, 6.07) is 42.8. The summed E-state index contributed by atoms with van der Waals surface area (Å²) < 4.78 is 39.1. The molecular formula is C45H53N3O6S. The van der Waals surface area contributed by atoms with Crippen LogP contribution in [-0.2, 0) is 47.4 Å². The van der Waals surface area contributed by atoms with E-state index < -0.39 is 16.1 Å². The number of alkyl carbamates (subject to hydrolysis) is 1. The largest absolute Gasteiger partial charge is 0.487 e. The summed E-state index contributed by atoms with van der Waals surface area (Å²) in [4.78, 5) is 11.9. The Morgan fingerprint density at radius 1 is 0.673 bits per heavy atom. The maximum Gasteiger partial charge on any atom is 0.407 e. The predicted octanol–water partition coefficient (Wildman–Crippen LogP) is 8.13. The number of aliphatic hydroxyl groups is 1. The smallest absolute Gasteiger partial charge is 0.407 e. The lowest BCUT2D eigenvalue weighted by Crippen LogP contribution is -2.30. The Morgan fingerprint density at radius 2 is 1.22 bits per heavy atom. The number of benzene rings is 5. The third-order valence-electron chi connectivity index (χ3n) is 9.25. The van der Waals surface area contributed by atoms with E-state index in [-0.39, 0.29) is 25.9 Å². The van der Waals surface area contributed by atoms with Crippen LogP contribution < -0.4 is 19.7 Å². The van der Waals surface area contributed by atoms with Crippen LogP contribution in [0.2, 0.25) is 0 Å². The number of carbonyl (C=O) groups excluding carboxylic acids is 1. The monoisotopic (exact) mass is 763 g/mol. The zero-order valence-corrected chi connectivity index (χ0v) is 32.4. The molecule has 290 valence electrons. The molecule has 3 N–H and O–H groups in total. The molecule has 0 radical (unpaired) electrons. The van der Waals surface area contributed by atoms with Crippen molar-refractivity contribution in [1.29, 1.82) is 0 Å². The van der Waals surface area contributed by atoms with Gasteiger partial charge >= 0.3 is 6.09 Å². The molecule has 1 atom stereocenters. The van der Waals surface area contributed by atoms with Crippen molar-refractivity contribution in [2.45, 2.75) is 64.4 Å². The molecule has 0 aliphatic rings. The quantitative estimate of drug-likeness (QED) is 0.0610. The topological polar surface area (TPSA) is 117 Å². The zero-order chi connectivity index (χ0) is 38.7. The number of aryl methyl sites for hydroxylation is 2. The van der Waals surface area contributed by atoms with Crippen LogP contribution in [-0.4, -0.2) is 45.5 Å². The Hall–Kier alpha value is -5.16. The lowest BCUT2D eigenvalue weighted by atomic mass is 10.0. The molecule has 5 aromatic rings. The summed E-state index contributed by atoms with van der Waals surface area (Å²) in [7, 11) is -3.70. The molecule has 0 fully saturated rings. The van der Waals surface area contributed by atoms with Gasteiger partial charge in [-0.3, -0.25) is 4.31 Å². The first-order chi connectivity index (χ1) is 26.7. The molecule has 0 aromatic heterocycles. The van der Waals surface area contributed by atoms with Crippen LogP contribution in [0.1, 0.15) is 65.2 Å². The number of nitrogens with one attached hydrogen (secondary N) is 2. The normalized spacial score (nSPS) is 11.8. The Labute approximate surface area is 326 Å². The number of hydrogen-bond acceptors (Lipinski definition) is 7. The minimum Gasteiger partial charge on any atom is -0.487 e. The van der Waals surface area contributed by atoms with Crippen LogP contribution in [0.3, 0.4) is 0 Å². The van der Waals surface area contributed by atoms with Gasteiger partial charge in [-0.25, -0.2) is 13.2 Å². The van der Waals surface area contributed by atoms with Crippen molar-refractivity contribution >= 4 is 21.8 Å². The highest BCUT2D eigenvalue weighted by Gasteiger charge is 2.24. The Morgan fingerprint density at radius 3 is 1.80 bits per heavy atom. The van der Waals surface area contributed by atoms with Crippen molar-refractivity contribution in [3.8, 4) is 5.75 Å². The minimum atomic E-state index is -3.70. The molecule has 0 saturated carbocycles. The lowest BCUT2D eigenvalue weighted by molar-refractivity contribution is 0.139. The van der Waals surface area contributed by atoms with Gasteiger partial charge in [0.1, 0.15) is 19.0 Å². The average Bonchev–Trinajstić information content (AvgIpc) is 3.20. The number of ether oxygens (including phenoxy) is 2. The molecule has 55 heavy (non-hydrogen) atoms. The lowest BCUT2D eigenvalue weighted by Gasteiger charge is -2.26. The summed E-state index contributed by atoms with van der Waals surface area (Å²) >= 11 is 0. The molecule has 9 nitrogen and oxygen atoms in total. The van der Waals surface area contributed by atoms with E-state index in [1.807, 2.05) is 91.0 Å². The van der Waals surface area contributed by atoms with E-state index in [4.69, 9.17) is 9.47 Å².